The lowest BCUT2D eigenvalue weighted by atomic mass is 9.99. The highest BCUT2D eigenvalue weighted by molar-refractivity contribution is 5.86. The van der Waals surface area contributed by atoms with Crippen LogP contribution in [0.25, 0.3) is 0 Å². The molecule has 7 heteroatoms. The summed E-state index contributed by atoms with van der Waals surface area (Å²) in [5, 5.41) is 11.5. The van der Waals surface area contributed by atoms with Crippen LogP contribution >= 0.6 is 0 Å². The Morgan fingerprint density at radius 3 is 2.11 bits per heavy atom. The van der Waals surface area contributed by atoms with E-state index < -0.39 is 18.0 Å². The van der Waals surface area contributed by atoms with Crippen LogP contribution in [0.4, 0.5) is 4.79 Å². The van der Waals surface area contributed by atoms with Crippen LogP contribution in [0, 0.1) is 5.92 Å². The van der Waals surface area contributed by atoms with Crippen LogP contribution in [0.15, 0.2) is 0 Å². The molecule has 110 valence electrons. The van der Waals surface area contributed by atoms with E-state index in [1.54, 1.807) is 21.0 Å². The lowest BCUT2D eigenvalue weighted by molar-refractivity contribution is -0.140. The van der Waals surface area contributed by atoms with Gasteiger partial charge in [-0.15, -0.1) is 0 Å². The van der Waals surface area contributed by atoms with Gasteiger partial charge in [0.15, 0.2) is 0 Å². The van der Waals surface area contributed by atoms with Gasteiger partial charge in [-0.05, 0) is 5.92 Å². The van der Waals surface area contributed by atoms with Gasteiger partial charge >= 0.3 is 12.0 Å². The number of carboxylic acids is 1. The second-order valence-electron chi connectivity index (χ2n) is 4.80. The Morgan fingerprint density at radius 2 is 1.74 bits per heavy atom. The number of carbonyl (C=O) groups excluding carboxylic acids is 2. The van der Waals surface area contributed by atoms with Gasteiger partial charge in [0.25, 0.3) is 0 Å². The van der Waals surface area contributed by atoms with Crippen molar-refractivity contribution in [3.63, 3.8) is 0 Å². The van der Waals surface area contributed by atoms with Crippen molar-refractivity contribution in [3.05, 3.63) is 0 Å². The first-order valence-electron chi connectivity index (χ1n) is 6.15. The average molecular weight is 273 g/mol. The third-order valence-corrected chi connectivity index (χ3v) is 2.98. The van der Waals surface area contributed by atoms with Crippen LogP contribution in [-0.4, -0.2) is 66.5 Å². The molecule has 2 atom stereocenters. The SMILES string of the molecule is CCC(C)[C@H](NC(=O)N(C)CC(=O)N(C)C)C(=O)O. The molecule has 0 saturated heterocycles. The summed E-state index contributed by atoms with van der Waals surface area (Å²) in [7, 11) is 4.63. The largest absolute Gasteiger partial charge is 0.480 e. The summed E-state index contributed by atoms with van der Waals surface area (Å²) in [4.78, 5) is 36.9. The molecule has 0 aromatic carbocycles. The van der Waals surface area contributed by atoms with E-state index >= 15 is 0 Å². The number of aliphatic carboxylic acids is 1. The van der Waals surface area contributed by atoms with E-state index in [0.29, 0.717) is 6.42 Å². The predicted molar refractivity (Wildman–Crippen MR) is 70.7 cm³/mol. The molecule has 0 aliphatic rings. The van der Waals surface area contributed by atoms with Crippen molar-refractivity contribution in [2.75, 3.05) is 27.7 Å². The van der Waals surface area contributed by atoms with E-state index in [4.69, 9.17) is 5.11 Å². The van der Waals surface area contributed by atoms with Gasteiger partial charge in [0.05, 0.1) is 0 Å². The van der Waals surface area contributed by atoms with Crippen molar-refractivity contribution in [1.82, 2.24) is 15.1 Å². The molecule has 0 aromatic rings. The maximum Gasteiger partial charge on any atom is 0.326 e. The third kappa shape index (κ3) is 5.58. The Balaban J connectivity index is 4.56. The van der Waals surface area contributed by atoms with Gasteiger partial charge in [0.1, 0.15) is 12.6 Å². The zero-order chi connectivity index (χ0) is 15.2. The van der Waals surface area contributed by atoms with Crippen molar-refractivity contribution in [3.8, 4) is 0 Å². The third-order valence-electron chi connectivity index (χ3n) is 2.98. The molecular formula is C12H23N3O4. The second-order valence-corrected chi connectivity index (χ2v) is 4.80. The number of nitrogens with one attached hydrogen (secondary N) is 1. The van der Waals surface area contributed by atoms with E-state index in [1.165, 1.54) is 16.8 Å². The van der Waals surface area contributed by atoms with E-state index in [0.717, 1.165) is 0 Å². The highest BCUT2D eigenvalue weighted by Crippen LogP contribution is 2.08. The minimum Gasteiger partial charge on any atom is -0.480 e. The van der Waals surface area contributed by atoms with E-state index in [9.17, 15) is 14.4 Å². The number of likely N-dealkylation sites (N-methyl/N-ethyl adjacent to an activating group) is 2. The zero-order valence-electron chi connectivity index (χ0n) is 12.1. The topological polar surface area (TPSA) is 90.0 Å². The minimum atomic E-state index is -1.07. The van der Waals surface area contributed by atoms with Gasteiger partial charge in [-0.3, -0.25) is 4.79 Å². The molecule has 3 amide bonds. The first kappa shape index (κ1) is 17.2. The lowest BCUT2D eigenvalue weighted by Gasteiger charge is -2.24. The minimum absolute atomic E-state index is 0.0916. The molecule has 0 aliphatic heterocycles. The summed E-state index contributed by atoms with van der Waals surface area (Å²) in [5.74, 6) is -1.48. The van der Waals surface area contributed by atoms with Gasteiger partial charge in [-0.25, -0.2) is 9.59 Å². The molecule has 7 nitrogen and oxygen atoms in total. The molecule has 0 aromatic heterocycles. The zero-order valence-corrected chi connectivity index (χ0v) is 12.1. The Morgan fingerprint density at radius 1 is 1.21 bits per heavy atom. The van der Waals surface area contributed by atoms with Crippen molar-refractivity contribution >= 4 is 17.9 Å². The summed E-state index contributed by atoms with van der Waals surface area (Å²) in [6, 6.07) is -1.52. The molecule has 0 heterocycles. The summed E-state index contributed by atoms with van der Waals surface area (Å²) in [6.07, 6.45) is 0.636. The monoisotopic (exact) mass is 273 g/mol. The van der Waals surface area contributed by atoms with Gasteiger partial charge in [-0.1, -0.05) is 20.3 Å². The maximum absolute atomic E-state index is 11.8. The quantitative estimate of drug-likeness (QED) is 0.724. The smallest absolute Gasteiger partial charge is 0.326 e. The fraction of sp³-hybridized carbons (Fsp3) is 0.750. The Kier molecular flexibility index (Phi) is 6.89. The first-order chi connectivity index (χ1) is 8.70. The van der Waals surface area contributed by atoms with Gasteiger partial charge in [0, 0.05) is 21.1 Å². The van der Waals surface area contributed by atoms with Crippen molar-refractivity contribution < 1.29 is 19.5 Å². The summed E-state index contributed by atoms with van der Waals surface area (Å²) >= 11 is 0. The van der Waals surface area contributed by atoms with Crippen molar-refractivity contribution in [1.29, 1.82) is 0 Å². The maximum atomic E-state index is 11.8. The Bertz CT molecular complexity index is 344. The molecular weight excluding hydrogens is 250 g/mol. The van der Waals surface area contributed by atoms with Crippen LogP contribution in [0.1, 0.15) is 20.3 Å². The summed E-state index contributed by atoms with van der Waals surface area (Å²) in [5.41, 5.74) is 0. The molecule has 0 aliphatic carbocycles. The number of amides is 3. The predicted octanol–water partition coefficient (Wildman–Crippen LogP) is 0.215. The molecule has 0 radical (unpaired) electrons. The lowest BCUT2D eigenvalue weighted by Crippen LogP contribution is -2.51. The summed E-state index contributed by atoms with van der Waals surface area (Å²) in [6.45, 7) is 3.52. The molecule has 0 bridgehead atoms. The van der Waals surface area contributed by atoms with Gasteiger partial charge < -0.3 is 20.2 Å². The van der Waals surface area contributed by atoms with E-state index in [2.05, 4.69) is 5.32 Å². The van der Waals surface area contributed by atoms with E-state index in [1.807, 2.05) is 6.92 Å². The number of urea groups is 1. The second kappa shape index (κ2) is 7.60. The highest BCUT2D eigenvalue weighted by Gasteiger charge is 2.27. The molecule has 1 unspecified atom stereocenters. The molecule has 0 spiro atoms. The van der Waals surface area contributed by atoms with Crippen LogP contribution in [-0.2, 0) is 9.59 Å². The summed E-state index contributed by atoms with van der Waals surface area (Å²) < 4.78 is 0. The van der Waals surface area contributed by atoms with E-state index in [-0.39, 0.29) is 18.4 Å². The fourth-order valence-corrected chi connectivity index (χ4v) is 1.34. The van der Waals surface area contributed by atoms with Crippen LogP contribution < -0.4 is 5.32 Å². The van der Waals surface area contributed by atoms with Crippen molar-refractivity contribution in [2.24, 2.45) is 5.92 Å². The molecule has 0 fully saturated rings. The molecule has 0 saturated carbocycles. The number of hydrogen-bond donors (Lipinski definition) is 2. The van der Waals surface area contributed by atoms with Crippen LogP contribution in [0.2, 0.25) is 0 Å². The highest BCUT2D eigenvalue weighted by atomic mass is 16.4. The molecule has 19 heavy (non-hydrogen) atoms. The standard InChI is InChI=1S/C12H23N3O4/c1-6-8(2)10(11(17)18)13-12(19)15(5)7-9(16)14(3)4/h8,10H,6-7H2,1-5H3,(H,13,19)(H,17,18)/t8?,10-/m0/s1. The number of carbonyl (C=O) groups is 3. The van der Waals surface area contributed by atoms with Crippen molar-refractivity contribution in [2.45, 2.75) is 26.3 Å². The fourth-order valence-electron chi connectivity index (χ4n) is 1.34. The normalized spacial score (nSPS) is 13.3. The first-order valence-corrected chi connectivity index (χ1v) is 6.15. The average Bonchev–Trinajstić information content (AvgIpc) is 2.33. The van der Waals surface area contributed by atoms with Gasteiger partial charge in [0.2, 0.25) is 5.91 Å². The molecule has 2 N–H and O–H groups in total. The number of nitrogens with zero attached hydrogens (tertiary/aromatic N) is 2. The number of rotatable bonds is 6. The molecule has 0 rings (SSSR count). The number of carboxylic acid groups (broad SMARTS) is 1. The van der Waals surface area contributed by atoms with Crippen LogP contribution in [0.3, 0.4) is 0 Å². The van der Waals surface area contributed by atoms with Gasteiger partial charge in [-0.2, -0.15) is 0 Å². The Hall–Kier alpha value is -1.79. The Labute approximate surface area is 113 Å². The number of hydrogen-bond acceptors (Lipinski definition) is 3. The van der Waals surface area contributed by atoms with Crippen LogP contribution in [0.5, 0.6) is 0 Å².